The van der Waals surface area contributed by atoms with Crippen molar-refractivity contribution in [3.8, 4) is 5.75 Å². The molecule has 1 aliphatic heterocycles. The van der Waals surface area contributed by atoms with Crippen LogP contribution in [0.3, 0.4) is 0 Å². The first kappa shape index (κ1) is 17.7. The monoisotopic (exact) mass is 377 g/mol. The third-order valence-electron chi connectivity index (χ3n) is 4.55. The molecule has 0 amide bonds. The molecule has 0 unspecified atom stereocenters. The summed E-state index contributed by atoms with van der Waals surface area (Å²) in [6.07, 6.45) is 0.563. The highest BCUT2D eigenvalue weighted by Gasteiger charge is 2.19. The molecule has 0 saturated heterocycles. The molecule has 0 fully saturated rings. The molecule has 3 aromatic rings. The number of nitrogens with one attached hydrogen (secondary N) is 2. The summed E-state index contributed by atoms with van der Waals surface area (Å²) in [5.74, 6) is 0.820. The Morgan fingerprint density at radius 1 is 1.18 bits per heavy atom. The molecule has 142 valence electrons. The van der Waals surface area contributed by atoms with Crippen molar-refractivity contribution in [2.45, 2.75) is 13.8 Å². The summed E-state index contributed by atoms with van der Waals surface area (Å²) in [6.45, 7) is 4.02. The van der Waals surface area contributed by atoms with Crippen molar-refractivity contribution in [2.24, 2.45) is 4.99 Å². The number of aromatic nitrogens is 2. The van der Waals surface area contributed by atoms with Gasteiger partial charge in [0.15, 0.2) is 5.76 Å². The molecule has 3 heterocycles. The maximum Gasteiger partial charge on any atom is 0.511 e. The Balaban J connectivity index is 1.98. The van der Waals surface area contributed by atoms with Gasteiger partial charge < -0.3 is 24.5 Å². The normalized spacial score (nSPS) is 15.4. The molecule has 2 aromatic heterocycles. The number of methoxy groups -OCH3 is 1. The smallest absolute Gasteiger partial charge is 0.494 e. The van der Waals surface area contributed by atoms with Crippen molar-refractivity contribution in [3.63, 3.8) is 0 Å². The third kappa shape index (κ3) is 3.07. The predicted molar refractivity (Wildman–Crippen MR) is 104 cm³/mol. The van der Waals surface area contributed by atoms with E-state index >= 15 is 0 Å². The third-order valence-corrected chi connectivity index (χ3v) is 4.55. The van der Waals surface area contributed by atoms with Crippen LogP contribution < -0.4 is 26.0 Å². The summed E-state index contributed by atoms with van der Waals surface area (Å²) < 4.78 is 10.6. The molecule has 1 aliphatic rings. The molecule has 0 spiro atoms. The average Bonchev–Trinajstić information content (AvgIpc) is 3.31. The Morgan fingerprint density at radius 2 is 1.96 bits per heavy atom. The molecule has 3 N–H and O–H groups in total. The fourth-order valence-electron chi connectivity index (χ4n) is 3.33. The van der Waals surface area contributed by atoms with Gasteiger partial charge >= 0.3 is 6.16 Å². The van der Waals surface area contributed by atoms with E-state index in [0.717, 1.165) is 22.3 Å². The Bertz CT molecular complexity index is 1330. The van der Waals surface area contributed by atoms with Crippen molar-refractivity contribution in [1.29, 1.82) is 0 Å². The van der Waals surface area contributed by atoms with Crippen LogP contribution in [0.25, 0.3) is 17.5 Å². The van der Waals surface area contributed by atoms with Gasteiger partial charge in [-0.25, -0.2) is 9.79 Å². The molecular formula is C21H19N3O4. The summed E-state index contributed by atoms with van der Waals surface area (Å²) in [7, 11) is 1.58. The van der Waals surface area contributed by atoms with E-state index in [-0.39, 0.29) is 5.76 Å². The van der Waals surface area contributed by atoms with Crippen LogP contribution in [0.1, 0.15) is 17.0 Å². The lowest BCUT2D eigenvalue weighted by atomic mass is 10.2. The molecule has 0 atom stereocenters. The van der Waals surface area contributed by atoms with Crippen molar-refractivity contribution < 1.29 is 19.4 Å². The van der Waals surface area contributed by atoms with Crippen molar-refractivity contribution >= 4 is 23.7 Å². The number of nitrogens with zero attached hydrogens (tertiary/aromatic N) is 1. The minimum atomic E-state index is -1.39. The minimum Gasteiger partial charge on any atom is -0.494 e. The van der Waals surface area contributed by atoms with Crippen LogP contribution in [0.2, 0.25) is 0 Å². The van der Waals surface area contributed by atoms with Crippen LogP contribution in [-0.2, 0) is 4.74 Å². The summed E-state index contributed by atoms with van der Waals surface area (Å²) in [6, 6.07) is 11.1. The molecule has 0 aliphatic carbocycles. The van der Waals surface area contributed by atoms with E-state index < -0.39 is 6.16 Å². The van der Waals surface area contributed by atoms with Crippen LogP contribution in [0.5, 0.6) is 5.75 Å². The van der Waals surface area contributed by atoms with Crippen molar-refractivity contribution in [3.05, 3.63) is 74.6 Å². The standard InChI is InChI=1S/C21H19N3O4/c1-11-8-12(2)22-15(11)9-16-18(27-3)10-17(23-16)19-20(28-21(25)26)13-6-4-5-7-14(13)24-19/h4-10,22-23H,1-3H3,(H,25,26). The molecule has 4 rings (SSSR count). The summed E-state index contributed by atoms with van der Waals surface area (Å²) in [5.41, 5.74) is 3.56. The fourth-order valence-corrected chi connectivity index (χ4v) is 3.33. The molecule has 0 radical (unpaired) electrons. The SMILES string of the molecule is COc1cc(=C2N=c3ccccc3=C2OC(=O)O)[nH]c1=Cc1[nH]c(C)cc1C. The first-order valence-corrected chi connectivity index (χ1v) is 8.70. The molecule has 0 bridgehead atoms. The van der Waals surface area contributed by atoms with Gasteiger partial charge in [-0.1, -0.05) is 12.1 Å². The highest BCUT2D eigenvalue weighted by atomic mass is 16.7. The van der Waals surface area contributed by atoms with E-state index in [1.807, 2.05) is 38.1 Å². The van der Waals surface area contributed by atoms with Gasteiger partial charge in [0, 0.05) is 22.7 Å². The molecule has 7 heteroatoms. The lowest BCUT2D eigenvalue weighted by Gasteiger charge is -2.01. The maximum atomic E-state index is 11.2. The topological polar surface area (TPSA) is 99.7 Å². The number of hydrogen-bond acceptors (Lipinski definition) is 4. The van der Waals surface area contributed by atoms with Gasteiger partial charge in [0.25, 0.3) is 0 Å². The summed E-state index contributed by atoms with van der Waals surface area (Å²) >= 11 is 0. The number of hydrogen-bond donors (Lipinski definition) is 3. The largest absolute Gasteiger partial charge is 0.511 e. The van der Waals surface area contributed by atoms with Crippen LogP contribution in [0.4, 0.5) is 4.79 Å². The van der Waals surface area contributed by atoms with Crippen molar-refractivity contribution in [2.75, 3.05) is 7.11 Å². The summed E-state index contributed by atoms with van der Waals surface area (Å²) in [4.78, 5) is 22.3. The lowest BCUT2D eigenvalue weighted by molar-refractivity contribution is 0.135. The number of carbonyl (C=O) groups is 1. The van der Waals surface area contributed by atoms with E-state index in [0.29, 0.717) is 27.4 Å². The number of rotatable bonds is 3. The molecule has 1 aromatic carbocycles. The van der Waals surface area contributed by atoms with Gasteiger partial charge in [-0.15, -0.1) is 0 Å². The second-order valence-corrected chi connectivity index (χ2v) is 6.53. The molecular weight excluding hydrogens is 358 g/mol. The van der Waals surface area contributed by atoms with Gasteiger partial charge in [0.05, 0.1) is 23.2 Å². The summed E-state index contributed by atoms with van der Waals surface area (Å²) in [5, 5.41) is 11.8. The van der Waals surface area contributed by atoms with Crippen LogP contribution in [-0.4, -0.2) is 28.3 Å². The first-order chi connectivity index (χ1) is 13.5. The van der Waals surface area contributed by atoms with Gasteiger partial charge in [-0.3, -0.25) is 0 Å². The zero-order chi connectivity index (χ0) is 19.8. The Morgan fingerprint density at radius 3 is 2.64 bits per heavy atom. The van der Waals surface area contributed by atoms with E-state index in [9.17, 15) is 4.79 Å². The second kappa shape index (κ2) is 6.77. The molecule has 28 heavy (non-hydrogen) atoms. The van der Waals surface area contributed by atoms with E-state index in [1.165, 1.54) is 0 Å². The Hall–Kier alpha value is -3.74. The van der Waals surface area contributed by atoms with Gasteiger partial charge in [0.2, 0.25) is 0 Å². The Labute approximate surface area is 160 Å². The number of aryl methyl sites for hydroxylation is 2. The average molecular weight is 377 g/mol. The van der Waals surface area contributed by atoms with Crippen LogP contribution in [0.15, 0.2) is 41.4 Å². The highest BCUT2D eigenvalue weighted by Crippen LogP contribution is 2.16. The van der Waals surface area contributed by atoms with Crippen molar-refractivity contribution in [1.82, 2.24) is 9.97 Å². The number of benzene rings is 1. The number of H-pyrrole nitrogens is 2. The quantitative estimate of drug-likeness (QED) is 0.594. The number of para-hydroxylation sites is 1. The van der Waals surface area contributed by atoms with E-state index in [2.05, 4.69) is 21.0 Å². The van der Waals surface area contributed by atoms with Crippen LogP contribution in [0, 0.1) is 13.8 Å². The maximum absolute atomic E-state index is 11.2. The van der Waals surface area contributed by atoms with E-state index in [4.69, 9.17) is 14.6 Å². The minimum absolute atomic E-state index is 0.199. The van der Waals surface area contributed by atoms with Gasteiger partial charge in [-0.2, -0.15) is 0 Å². The predicted octanol–water partition coefficient (Wildman–Crippen LogP) is 1.04. The number of carboxylic acid groups (broad SMARTS) is 1. The number of fused-ring (bicyclic) bond motifs is 1. The zero-order valence-corrected chi connectivity index (χ0v) is 15.7. The highest BCUT2D eigenvalue weighted by molar-refractivity contribution is 5.88. The number of aromatic amines is 2. The molecule has 0 saturated carbocycles. The van der Waals surface area contributed by atoms with E-state index in [1.54, 1.807) is 19.2 Å². The second-order valence-electron chi connectivity index (χ2n) is 6.53. The molecule has 7 nitrogen and oxygen atoms in total. The number of ether oxygens (including phenoxy) is 2. The van der Waals surface area contributed by atoms with Crippen LogP contribution >= 0.6 is 0 Å². The van der Waals surface area contributed by atoms with Gasteiger partial charge in [-0.05, 0) is 43.7 Å². The lowest BCUT2D eigenvalue weighted by Crippen LogP contribution is -2.23. The fraction of sp³-hybridized carbons (Fsp3) is 0.143. The van der Waals surface area contributed by atoms with Gasteiger partial charge in [0.1, 0.15) is 11.4 Å². The zero-order valence-electron chi connectivity index (χ0n) is 15.7. The Kier molecular flexibility index (Phi) is 4.27. The first-order valence-electron chi connectivity index (χ1n) is 8.70.